The van der Waals surface area contributed by atoms with Gasteiger partial charge in [0.25, 0.3) is 5.91 Å². The predicted molar refractivity (Wildman–Crippen MR) is 129 cm³/mol. The van der Waals surface area contributed by atoms with Crippen LogP contribution in [0.4, 0.5) is 5.82 Å². The summed E-state index contributed by atoms with van der Waals surface area (Å²) in [6.07, 6.45) is 3.39. The molecule has 0 radical (unpaired) electrons. The highest BCUT2D eigenvalue weighted by Crippen LogP contribution is 2.30. The van der Waals surface area contributed by atoms with Crippen LogP contribution in [0.1, 0.15) is 23.2 Å². The molecule has 7 heteroatoms. The molecule has 2 aromatic carbocycles. The van der Waals surface area contributed by atoms with Crippen LogP contribution in [0.15, 0.2) is 79.0 Å². The molecule has 3 heterocycles. The average molecular weight is 459 g/mol. The molecule has 0 bridgehead atoms. The van der Waals surface area contributed by atoms with Gasteiger partial charge in [0.2, 0.25) is 5.91 Å². The van der Waals surface area contributed by atoms with Crippen molar-refractivity contribution < 1.29 is 9.59 Å². The lowest BCUT2D eigenvalue weighted by Crippen LogP contribution is -2.43. The number of imidazole rings is 1. The highest BCUT2D eigenvalue weighted by molar-refractivity contribution is 6.30. The summed E-state index contributed by atoms with van der Waals surface area (Å²) in [5.41, 5.74) is 2.99. The van der Waals surface area contributed by atoms with Crippen molar-refractivity contribution in [1.29, 1.82) is 0 Å². The topological polar surface area (TPSA) is 66.7 Å². The zero-order valence-corrected chi connectivity index (χ0v) is 18.7. The van der Waals surface area contributed by atoms with Gasteiger partial charge in [-0.2, -0.15) is 0 Å². The van der Waals surface area contributed by atoms with Gasteiger partial charge in [-0.15, -0.1) is 0 Å². The van der Waals surface area contributed by atoms with Crippen LogP contribution in [0.5, 0.6) is 0 Å². The molecule has 1 unspecified atom stereocenters. The molecule has 0 spiro atoms. The Balaban J connectivity index is 1.38. The number of hydrogen-bond donors (Lipinski definition) is 1. The smallest absolute Gasteiger partial charge is 0.253 e. The first-order valence-corrected chi connectivity index (χ1v) is 11.4. The van der Waals surface area contributed by atoms with E-state index in [2.05, 4.69) is 5.32 Å². The van der Waals surface area contributed by atoms with E-state index in [1.54, 1.807) is 29.2 Å². The largest absolute Gasteiger partial charge is 0.338 e. The molecule has 5 rings (SSSR count). The van der Waals surface area contributed by atoms with Gasteiger partial charge >= 0.3 is 0 Å². The molecule has 0 aliphatic carbocycles. The van der Waals surface area contributed by atoms with Gasteiger partial charge in [0.1, 0.15) is 17.2 Å². The molecule has 1 fully saturated rings. The van der Waals surface area contributed by atoms with Crippen LogP contribution in [-0.4, -0.2) is 39.2 Å². The average Bonchev–Trinajstić information content (AvgIpc) is 3.23. The highest BCUT2D eigenvalue weighted by atomic mass is 35.5. The fourth-order valence-electron chi connectivity index (χ4n) is 4.28. The molecular formula is C26H23ClN4O2. The second-order valence-corrected chi connectivity index (χ2v) is 8.63. The first-order chi connectivity index (χ1) is 16.1. The Morgan fingerprint density at radius 2 is 1.73 bits per heavy atom. The maximum Gasteiger partial charge on any atom is 0.253 e. The molecule has 1 aliphatic rings. The molecule has 2 amide bonds. The van der Waals surface area contributed by atoms with Crippen molar-refractivity contribution in [2.75, 3.05) is 18.4 Å². The third-order valence-electron chi connectivity index (χ3n) is 5.99. The summed E-state index contributed by atoms with van der Waals surface area (Å²) in [5.74, 6) is 0.159. The number of fused-ring (bicyclic) bond motifs is 1. The van der Waals surface area contributed by atoms with Crippen molar-refractivity contribution >= 4 is 34.9 Å². The third kappa shape index (κ3) is 4.34. The summed E-state index contributed by atoms with van der Waals surface area (Å²) in [5, 5.41) is 3.70. The summed E-state index contributed by atoms with van der Waals surface area (Å²) >= 11 is 5.95. The van der Waals surface area contributed by atoms with E-state index in [0.29, 0.717) is 29.5 Å². The fraction of sp³-hybridized carbons (Fsp3) is 0.192. The molecule has 1 N–H and O–H groups in total. The summed E-state index contributed by atoms with van der Waals surface area (Å²) in [6, 6.07) is 22.4. The molecule has 6 nitrogen and oxygen atoms in total. The Hall–Kier alpha value is -3.64. The van der Waals surface area contributed by atoms with E-state index in [1.165, 1.54) is 0 Å². The fourth-order valence-corrected chi connectivity index (χ4v) is 4.41. The van der Waals surface area contributed by atoms with Crippen LogP contribution in [0, 0.1) is 5.92 Å². The van der Waals surface area contributed by atoms with Gasteiger partial charge < -0.3 is 10.2 Å². The van der Waals surface area contributed by atoms with Gasteiger partial charge in [-0.1, -0.05) is 48.0 Å². The predicted octanol–water partition coefficient (Wildman–Crippen LogP) is 5.15. The van der Waals surface area contributed by atoms with E-state index in [-0.39, 0.29) is 17.7 Å². The Morgan fingerprint density at radius 3 is 2.52 bits per heavy atom. The molecular weight excluding hydrogens is 436 g/mol. The summed E-state index contributed by atoms with van der Waals surface area (Å²) in [4.78, 5) is 32.8. The van der Waals surface area contributed by atoms with Crippen LogP contribution in [0.3, 0.4) is 0 Å². The van der Waals surface area contributed by atoms with Crippen LogP contribution in [-0.2, 0) is 4.79 Å². The minimum Gasteiger partial charge on any atom is -0.338 e. The van der Waals surface area contributed by atoms with Crippen molar-refractivity contribution in [1.82, 2.24) is 14.3 Å². The first-order valence-electron chi connectivity index (χ1n) is 11.0. The van der Waals surface area contributed by atoms with Crippen molar-refractivity contribution in [3.63, 3.8) is 0 Å². The molecule has 166 valence electrons. The number of anilines is 1. The number of pyridine rings is 1. The van der Waals surface area contributed by atoms with Crippen LogP contribution in [0.25, 0.3) is 16.9 Å². The van der Waals surface area contributed by atoms with Gasteiger partial charge in [-0.25, -0.2) is 4.98 Å². The number of piperidine rings is 1. The van der Waals surface area contributed by atoms with Crippen LogP contribution < -0.4 is 5.32 Å². The lowest BCUT2D eigenvalue weighted by atomic mass is 9.96. The van der Waals surface area contributed by atoms with Gasteiger partial charge in [-0.05, 0) is 49.2 Å². The number of amides is 2. The number of carbonyl (C=O) groups excluding carboxylic acids is 2. The van der Waals surface area contributed by atoms with Crippen molar-refractivity contribution in [3.05, 3.63) is 89.6 Å². The quantitative estimate of drug-likeness (QED) is 0.460. The van der Waals surface area contributed by atoms with E-state index in [0.717, 1.165) is 29.7 Å². The number of likely N-dealkylation sites (tertiary alicyclic amines) is 1. The van der Waals surface area contributed by atoms with Crippen molar-refractivity contribution in [2.45, 2.75) is 12.8 Å². The summed E-state index contributed by atoms with van der Waals surface area (Å²) in [7, 11) is 0. The number of halogens is 1. The second kappa shape index (κ2) is 9.08. The van der Waals surface area contributed by atoms with Crippen molar-refractivity contribution in [3.8, 4) is 11.3 Å². The number of rotatable bonds is 4. The minimum atomic E-state index is -0.298. The van der Waals surface area contributed by atoms with Crippen molar-refractivity contribution in [2.24, 2.45) is 5.92 Å². The van der Waals surface area contributed by atoms with E-state index in [4.69, 9.17) is 16.6 Å². The van der Waals surface area contributed by atoms with Gasteiger partial charge in [-0.3, -0.25) is 14.0 Å². The Morgan fingerprint density at radius 1 is 0.970 bits per heavy atom. The van der Waals surface area contributed by atoms with E-state index < -0.39 is 0 Å². The second-order valence-electron chi connectivity index (χ2n) is 8.19. The highest BCUT2D eigenvalue weighted by Gasteiger charge is 2.30. The molecule has 1 saturated heterocycles. The summed E-state index contributed by atoms with van der Waals surface area (Å²) in [6.45, 7) is 1.01. The normalized spacial score (nSPS) is 16.0. The zero-order chi connectivity index (χ0) is 22.8. The number of benzene rings is 2. The van der Waals surface area contributed by atoms with Crippen LogP contribution >= 0.6 is 11.6 Å². The van der Waals surface area contributed by atoms with E-state index in [1.807, 2.05) is 59.1 Å². The maximum absolute atomic E-state index is 13.3. The minimum absolute atomic E-state index is 0.0797. The van der Waals surface area contributed by atoms with E-state index >= 15 is 0 Å². The lowest BCUT2D eigenvalue weighted by Gasteiger charge is -2.32. The molecule has 1 aliphatic heterocycles. The third-order valence-corrected chi connectivity index (χ3v) is 6.24. The van der Waals surface area contributed by atoms with E-state index in [9.17, 15) is 9.59 Å². The molecule has 2 aromatic heterocycles. The number of hydrogen-bond acceptors (Lipinski definition) is 3. The number of nitrogens with zero attached hydrogens (tertiary/aromatic N) is 3. The van der Waals surface area contributed by atoms with Gasteiger partial charge in [0, 0.05) is 35.4 Å². The number of nitrogens with one attached hydrogen (secondary N) is 1. The standard InChI is InChI=1S/C26H23ClN4O2/c27-21-13-11-19(12-14-21)26(33)30-15-6-9-20(17-30)25(32)29-24-23(18-7-2-1-3-8-18)28-22-10-4-5-16-31(22)24/h1-5,7-8,10-14,16,20H,6,9,15,17H2,(H,29,32). The monoisotopic (exact) mass is 458 g/mol. The Labute approximate surface area is 196 Å². The summed E-state index contributed by atoms with van der Waals surface area (Å²) < 4.78 is 1.89. The Kier molecular flexibility index (Phi) is 5.84. The van der Waals surface area contributed by atoms with Gasteiger partial charge in [0.05, 0.1) is 5.92 Å². The zero-order valence-electron chi connectivity index (χ0n) is 17.9. The SMILES string of the molecule is O=C(Nc1c(-c2ccccc2)nc2ccccn12)C1CCCN(C(=O)c2ccc(Cl)cc2)C1. The first kappa shape index (κ1) is 21.2. The number of carbonyl (C=O) groups is 2. The maximum atomic E-state index is 13.3. The van der Waals surface area contributed by atoms with Crippen LogP contribution in [0.2, 0.25) is 5.02 Å². The molecule has 4 aromatic rings. The van der Waals surface area contributed by atoms with Gasteiger partial charge in [0.15, 0.2) is 0 Å². The molecule has 1 atom stereocenters. The lowest BCUT2D eigenvalue weighted by molar-refractivity contribution is -0.121. The molecule has 33 heavy (non-hydrogen) atoms. The Bertz CT molecular complexity index is 1300. The number of aromatic nitrogens is 2. The molecule has 0 saturated carbocycles.